The van der Waals surface area contributed by atoms with Crippen LogP contribution in [0.4, 0.5) is 4.39 Å². The van der Waals surface area contributed by atoms with Gasteiger partial charge in [-0.1, -0.05) is 0 Å². The Bertz CT molecular complexity index is 882. The quantitative estimate of drug-likeness (QED) is 0.746. The van der Waals surface area contributed by atoms with Crippen molar-refractivity contribution >= 4 is 21.6 Å². The zero-order chi connectivity index (χ0) is 14.4. The van der Waals surface area contributed by atoms with Gasteiger partial charge in [-0.3, -0.25) is 0 Å². The van der Waals surface area contributed by atoms with Gasteiger partial charge < -0.3 is 9.52 Å². The Morgan fingerprint density at radius 3 is 2.80 bits per heavy atom. The van der Waals surface area contributed by atoms with Gasteiger partial charge in [0.2, 0.25) is 5.89 Å². The maximum atomic E-state index is 13.4. The Kier molecular flexibility index (Phi) is 2.83. The van der Waals surface area contributed by atoms with Crippen molar-refractivity contribution in [3.05, 3.63) is 44.9 Å². The van der Waals surface area contributed by atoms with E-state index >= 15 is 0 Å². The van der Waals surface area contributed by atoms with E-state index < -0.39 is 17.2 Å². The smallest absolute Gasteiger partial charge is 0.348 e. The van der Waals surface area contributed by atoms with E-state index in [9.17, 15) is 14.3 Å². The summed E-state index contributed by atoms with van der Waals surface area (Å²) < 4.78 is 18.5. The van der Waals surface area contributed by atoms with Gasteiger partial charge >= 0.3 is 5.63 Å². The van der Waals surface area contributed by atoms with Gasteiger partial charge in [-0.05, 0) is 37.6 Å². The van der Waals surface area contributed by atoms with E-state index in [-0.39, 0.29) is 5.89 Å². The van der Waals surface area contributed by atoms with E-state index in [0.717, 1.165) is 16.5 Å². The summed E-state index contributed by atoms with van der Waals surface area (Å²) in [6.45, 7) is 3.74. The highest BCUT2D eigenvalue weighted by molar-refractivity contribution is 7.18. The summed E-state index contributed by atoms with van der Waals surface area (Å²) in [6, 6.07) is 3.73. The predicted molar refractivity (Wildman–Crippen MR) is 74.7 cm³/mol. The van der Waals surface area contributed by atoms with Gasteiger partial charge in [0.25, 0.3) is 0 Å². The SMILES string of the molecule is Cc1sc2nc(-c3ccc(O)c(F)c3)oc(=O)c2c1C. The van der Waals surface area contributed by atoms with Gasteiger partial charge in [-0.2, -0.15) is 0 Å². The van der Waals surface area contributed by atoms with Crippen LogP contribution in [0.5, 0.6) is 5.75 Å². The average Bonchev–Trinajstić information content (AvgIpc) is 2.68. The molecule has 0 unspecified atom stereocenters. The molecular weight excluding hydrogens is 281 g/mol. The lowest BCUT2D eigenvalue weighted by Gasteiger charge is -2.01. The van der Waals surface area contributed by atoms with Crippen LogP contribution < -0.4 is 5.63 Å². The number of aromatic nitrogens is 1. The first-order chi connectivity index (χ1) is 9.47. The van der Waals surface area contributed by atoms with Crippen molar-refractivity contribution in [1.29, 1.82) is 0 Å². The topological polar surface area (TPSA) is 63.3 Å². The fraction of sp³-hybridized carbons (Fsp3) is 0.143. The second-order valence-electron chi connectivity index (χ2n) is 4.44. The van der Waals surface area contributed by atoms with Gasteiger partial charge in [0, 0.05) is 10.4 Å². The number of phenols is 1. The second-order valence-corrected chi connectivity index (χ2v) is 5.64. The lowest BCUT2D eigenvalue weighted by molar-refractivity contribution is 0.432. The van der Waals surface area contributed by atoms with Crippen LogP contribution in [0.25, 0.3) is 21.7 Å². The zero-order valence-electron chi connectivity index (χ0n) is 10.7. The third-order valence-corrected chi connectivity index (χ3v) is 4.26. The predicted octanol–water partition coefficient (Wildman–Crippen LogP) is 3.38. The maximum Gasteiger partial charge on any atom is 0.348 e. The molecule has 1 N–H and O–H groups in total. The molecule has 4 nitrogen and oxygen atoms in total. The first-order valence-corrected chi connectivity index (χ1v) is 6.68. The van der Waals surface area contributed by atoms with E-state index in [2.05, 4.69) is 4.98 Å². The van der Waals surface area contributed by atoms with Crippen LogP contribution in [0.3, 0.4) is 0 Å². The summed E-state index contributed by atoms with van der Waals surface area (Å²) in [6.07, 6.45) is 0. The molecule has 0 spiro atoms. The molecule has 0 bridgehead atoms. The number of aryl methyl sites for hydroxylation is 2. The second kappa shape index (κ2) is 4.42. The van der Waals surface area contributed by atoms with Crippen LogP contribution in [0.2, 0.25) is 0 Å². The summed E-state index contributed by atoms with van der Waals surface area (Å²) in [5.41, 5.74) is 0.679. The van der Waals surface area contributed by atoms with Crippen LogP contribution in [0.15, 0.2) is 27.4 Å². The van der Waals surface area contributed by atoms with Gasteiger partial charge in [-0.25, -0.2) is 14.2 Å². The molecule has 3 aromatic rings. The number of rotatable bonds is 1. The molecule has 0 atom stereocenters. The number of phenolic OH excluding ortho intramolecular Hbond substituents is 1. The number of aromatic hydroxyl groups is 1. The third-order valence-electron chi connectivity index (χ3n) is 3.16. The largest absolute Gasteiger partial charge is 0.505 e. The van der Waals surface area contributed by atoms with E-state index in [0.29, 0.717) is 15.8 Å². The molecule has 0 radical (unpaired) electrons. The standard InChI is InChI=1S/C14H10FNO3S/c1-6-7(2)20-13-11(6)14(18)19-12(16-13)8-3-4-10(17)9(15)5-8/h3-5,17H,1-2H3. The van der Waals surface area contributed by atoms with Gasteiger partial charge in [0.1, 0.15) is 10.2 Å². The molecule has 6 heteroatoms. The summed E-state index contributed by atoms with van der Waals surface area (Å²) in [5, 5.41) is 9.64. The van der Waals surface area contributed by atoms with Crippen LogP contribution >= 0.6 is 11.3 Å². The van der Waals surface area contributed by atoms with Crippen molar-refractivity contribution in [3.8, 4) is 17.2 Å². The first kappa shape index (κ1) is 12.8. The molecule has 3 rings (SSSR count). The molecule has 0 saturated carbocycles. The minimum atomic E-state index is -0.786. The Balaban J connectivity index is 2.27. The molecular formula is C14H10FNO3S. The fourth-order valence-corrected chi connectivity index (χ4v) is 2.96. The van der Waals surface area contributed by atoms with Crippen LogP contribution in [-0.2, 0) is 0 Å². The number of benzene rings is 1. The Hall–Kier alpha value is -2.21. The van der Waals surface area contributed by atoms with Gasteiger partial charge in [0.15, 0.2) is 11.6 Å². The fourth-order valence-electron chi connectivity index (χ4n) is 1.95. The molecule has 2 aromatic heterocycles. The summed E-state index contributed by atoms with van der Waals surface area (Å²) in [4.78, 5) is 17.8. The average molecular weight is 291 g/mol. The molecule has 0 saturated heterocycles. The molecule has 0 aliphatic heterocycles. The van der Waals surface area contributed by atoms with Crippen molar-refractivity contribution in [3.63, 3.8) is 0 Å². The maximum absolute atomic E-state index is 13.4. The van der Waals surface area contributed by atoms with Crippen LogP contribution in [-0.4, -0.2) is 10.1 Å². The molecule has 0 aliphatic carbocycles. The summed E-state index contributed by atoms with van der Waals surface area (Å²) in [5.74, 6) is -1.20. The Labute approximate surface area is 117 Å². The lowest BCUT2D eigenvalue weighted by Crippen LogP contribution is -2.02. The van der Waals surface area contributed by atoms with Crippen molar-refractivity contribution in [1.82, 2.24) is 4.98 Å². The number of fused-ring (bicyclic) bond motifs is 1. The van der Waals surface area contributed by atoms with E-state index in [1.54, 1.807) is 0 Å². The van der Waals surface area contributed by atoms with Crippen LogP contribution in [0.1, 0.15) is 10.4 Å². The lowest BCUT2D eigenvalue weighted by atomic mass is 10.2. The van der Waals surface area contributed by atoms with Crippen molar-refractivity contribution in [2.24, 2.45) is 0 Å². The number of thiophene rings is 1. The first-order valence-electron chi connectivity index (χ1n) is 5.87. The Morgan fingerprint density at radius 2 is 2.10 bits per heavy atom. The van der Waals surface area contributed by atoms with Crippen molar-refractivity contribution in [2.45, 2.75) is 13.8 Å². The van der Waals surface area contributed by atoms with Crippen molar-refractivity contribution < 1.29 is 13.9 Å². The number of nitrogens with zero attached hydrogens (tertiary/aromatic N) is 1. The van der Waals surface area contributed by atoms with Crippen LogP contribution in [0, 0.1) is 19.7 Å². The molecule has 20 heavy (non-hydrogen) atoms. The van der Waals surface area contributed by atoms with Gasteiger partial charge in [0.05, 0.1) is 0 Å². The Morgan fingerprint density at radius 1 is 1.35 bits per heavy atom. The summed E-state index contributed by atoms with van der Waals surface area (Å²) >= 11 is 1.39. The molecule has 102 valence electrons. The highest BCUT2D eigenvalue weighted by atomic mass is 32.1. The number of halogens is 1. The van der Waals surface area contributed by atoms with E-state index in [1.807, 2.05) is 13.8 Å². The third kappa shape index (κ3) is 1.89. The van der Waals surface area contributed by atoms with Gasteiger partial charge in [-0.15, -0.1) is 11.3 Å². The number of hydrogen-bond donors (Lipinski definition) is 1. The van der Waals surface area contributed by atoms with E-state index in [1.165, 1.54) is 23.5 Å². The minimum Gasteiger partial charge on any atom is -0.505 e. The molecule has 0 amide bonds. The monoisotopic (exact) mass is 291 g/mol. The molecule has 2 heterocycles. The summed E-state index contributed by atoms with van der Waals surface area (Å²) in [7, 11) is 0. The highest BCUT2D eigenvalue weighted by Crippen LogP contribution is 2.29. The zero-order valence-corrected chi connectivity index (χ0v) is 11.5. The molecule has 0 aliphatic rings. The molecule has 0 fully saturated rings. The number of hydrogen-bond acceptors (Lipinski definition) is 5. The molecule has 1 aromatic carbocycles. The normalized spacial score (nSPS) is 11.2. The highest BCUT2D eigenvalue weighted by Gasteiger charge is 2.15. The van der Waals surface area contributed by atoms with Crippen molar-refractivity contribution in [2.75, 3.05) is 0 Å². The minimum absolute atomic E-state index is 0.0441. The van der Waals surface area contributed by atoms with E-state index in [4.69, 9.17) is 4.42 Å².